The number of hydrogen-bond donors (Lipinski definition) is 2. The van der Waals surface area contributed by atoms with Crippen LogP contribution in [0, 0.1) is 0 Å². The smallest absolute Gasteiger partial charge is 0.331 e. The Hall–Kier alpha value is -3.30. The molecule has 1 aromatic carbocycles. The lowest BCUT2D eigenvalue weighted by atomic mass is 10.1. The predicted molar refractivity (Wildman–Crippen MR) is 94.4 cm³/mol. The number of urea groups is 1. The molecular formula is C17H22N6O4. The Bertz CT molecular complexity index is 770. The lowest BCUT2D eigenvalue weighted by molar-refractivity contribution is -0.152. The van der Waals surface area contributed by atoms with Crippen LogP contribution in [0.25, 0.3) is 0 Å². The molecule has 0 fully saturated rings. The predicted octanol–water partition coefficient (Wildman–Crippen LogP) is 0.624. The molecule has 1 heterocycles. The van der Waals surface area contributed by atoms with Crippen molar-refractivity contribution >= 4 is 17.9 Å². The molecule has 0 saturated carbocycles. The van der Waals surface area contributed by atoms with Gasteiger partial charge < -0.3 is 10.1 Å². The zero-order chi connectivity index (χ0) is 19.9. The maximum atomic E-state index is 12.4. The summed E-state index contributed by atoms with van der Waals surface area (Å²) in [7, 11) is 0. The molecule has 0 aliphatic carbocycles. The molecule has 10 nitrogen and oxygen atoms in total. The summed E-state index contributed by atoms with van der Waals surface area (Å²) in [6.45, 7) is 4.73. The van der Waals surface area contributed by atoms with E-state index in [1.54, 1.807) is 20.8 Å². The topological polar surface area (TPSA) is 128 Å². The molecule has 1 aromatic heterocycles. The van der Waals surface area contributed by atoms with E-state index in [0.29, 0.717) is 0 Å². The van der Waals surface area contributed by atoms with Gasteiger partial charge in [-0.15, -0.1) is 5.10 Å². The largest absolute Gasteiger partial charge is 0.454 e. The van der Waals surface area contributed by atoms with Crippen LogP contribution in [0.2, 0.25) is 0 Å². The lowest BCUT2D eigenvalue weighted by Gasteiger charge is -2.20. The third-order valence-corrected chi connectivity index (χ3v) is 3.32. The first-order valence-electron chi connectivity index (χ1n) is 8.29. The summed E-state index contributed by atoms with van der Waals surface area (Å²) in [6.07, 6.45) is 1.59. The van der Waals surface area contributed by atoms with Crippen molar-refractivity contribution in [1.82, 2.24) is 30.8 Å². The summed E-state index contributed by atoms with van der Waals surface area (Å²) in [5, 5.41) is 15.5. The summed E-state index contributed by atoms with van der Waals surface area (Å²) in [5.41, 5.74) is 0.381. The van der Waals surface area contributed by atoms with Crippen LogP contribution in [0.1, 0.15) is 32.4 Å². The summed E-state index contributed by atoms with van der Waals surface area (Å²) < 4.78 is 6.31. The van der Waals surface area contributed by atoms with Crippen LogP contribution in [0.15, 0.2) is 36.7 Å². The van der Waals surface area contributed by atoms with Crippen molar-refractivity contribution in [3.8, 4) is 0 Å². The summed E-state index contributed by atoms with van der Waals surface area (Å²) in [6, 6.07) is 7.77. The molecule has 27 heavy (non-hydrogen) atoms. The second kappa shape index (κ2) is 8.88. The summed E-state index contributed by atoms with van der Waals surface area (Å²) in [4.78, 5) is 35.9. The number of nitrogens with one attached hydrogen (secondary N) is 2. The summed E-state index contributed by atoms with van der Waals surface area (Å²) >= 11 is 0. The molecule has 2 N–H and O–H groups in total. The van der Waals surface area contributed by atoms with Crippen molar-refractivity contribution in [3.63, 3.8) is 0 Å². The van der Waals surface area contributed by atoms with Crippen LogP contribution in [-0.4, -0.2) is 50.3 Å². The first-order valence-corrected chi connectivity index (χ1v) is 8.29. The van der Waals surface area contributed by atoms with Crippen LogP contribution in [0.5, 0.6) is 0 Å². The average Bonchev–Trinajstić information content (AvgIpc) is 3.11. The van der Waals surface area contributed by atoms with E-state index in [0.717, 1.165) is 5.56 Å². The van der Waals surface area contributed by atoms with E-state index in [-0.39, 0.29) is 6.42 Å². The molecule has 0 spiro atoms. The number of aromatic nitrogens is 4. The third kappa shape index (κ3) is 6.84. The lowest BCUT2D eigenvalue weighted by Crippen LogP contribution is -2.49. The standard InChI is InChI=1S/C17H22N6O4/c1-17(2,3)20-16(26)19-14(24)10-27-15(25)13(23-11-18-21-22-23)9-12-7-5-4-6-8-12/h4-8,11,13H,9-10H2,1-3H3,(H2,19,20,24,26)/t13-/m0/s1. The van der Waals surface area contributed by atoms with Crippen LogP contribution >= 0.6 is 0 Å². The highest BCUT2D eigenvalue weighted by atomic mass is 16.5. The second-order valence-electron chi connectivity index (χ2n) is 6.86. The number of esters is 1. The molecule has 0 aliphatic rings. The van der Waals surface area contributed by atoms with Crippen LogP contribution in [-0.2, 0) is 20.7 Å². The first kappa shape index (κ1) is 20.0. The zero-order valence-corrected chi connectivity index (χ0v) is 15.4. The molecule has 0 aliphatic heterocycles. The van der Waals surface area contributed by atoms with Gasteiger partial charge in [0.2, 0.25) is 0 Å². The zero-order valence-electron chi connectivity index (χ0n) is 15.4. The minimum absolute atomic E-state index is 0.289. The molecule has 0 unspecified atom stereocenters. The van der Waals surface area contributed by atoms with E-state index in [1.807, 2.05) is 30.3 Å². The number of imide groups is 1. The van der Waals surface area contributed by atoms with Crippen molar-refractivity contribution < 1.29 is 19.1 Å². The van der Waals surface area contributed by atoms with Crippen LogP contribution < -0.4 is 10.6 Å². The van der Waals surface area contributed by atoms with Gasteiger partial charge in [0.25, 0.3) is 5.91 Å². The van der Waals surface area contributed by atoms with Gasteiger partial charge in [-0.3, -0.25) is 10.1 Å². The van der Waals surface area contributed by atoms with Gasteiger partial charge in [0, 0.05) is 12.0 Å². The van der Waals surface area contributed by atoms with Crippen LogP contribution in [0.3, 0.4) is 0 Å². The third-order valence-electron chi connectivity index (χ3n) is 3.32. The molecular weight excluding hydrogens is 352 g/mol. The number of hydrogen-bond acceptors (Lipinski definition) is 7. The van der Waals surface area contributed by atoms with Gasteiger partial charge in [-0.1, -0.05) is 30.3 Å². The Morgan fingerprint density at radius 2 is 1.89 bits per heavy atom. The SMILES string of the molecule is CC(C)(C)NC(=O)NC(=O)COC(=O)[C@H](Cc1ccccc1)n1cnnn1. The molecule has 0 saturated heterocycles. The maximum absolute atomic E-state index is 12.4. The Morgan fingerprint density at radius 1 is 1.19 bits per heavy atom. The molecule has 2 aromatic rings. The minimum atomic E-state index is -0.835. The Morgan fingerprint density at radius 3 is 2.48 bits per heavy atom. The van der Waals surface area contributed by atoms with Crippen LogP contribution in [0.4, 0.5) is 4.79 Å². The van der Waals surface area contributed by atoms with E-state index in [2.05, 4.69) is 26.2 Å². The van der Waals surface area contributed by atoms with Gasteiger partial charge >= 0.3 is 12.0 Å². The molecule has 3 amide bonds. The van der Waals surface area contributed by atoms with E-state index in [1.165, 1.54) is 11.0 Å². The quantitative estimate of drug-likeness (QED) is 0.710. The fourth-order valence-electron chi connectivity index (χ4n) is 2.20. The van der Waals surface area contributed by atoms with Gasteiger partial charge in [0.15, 0.2) is 12.6 Å². The fraction of sp³-hybridized carbons (Fsp3) is 0.412. The average molecular weight is 374 g/mol. The Labute approximate surface area is 156 Å². The molecule has 0 bridgehead atoms. The van der Waals surface area contributed by atoms with E-state index < -0.39 is 36.1 Å². The number of carbonyl (C=O) groups is 3. The highest BCUT2D eigenvalue weighted by molar-refractivity contribution is 5.95. The number of amides is 3. The van der Waals surface area contributed by atoms with E-state index in [4.69, 9.17) is 4.74 Å². The molecule has 144 valence electrons. The van der Waals surface area contributed by atoms with Crippen molar-refractivity contribution in [2.45, 2.75) is 38.8 Å². The second-order valence-corrected chi connectivity index (χ2v) is 6.86. The molecule has 0 radical (unpaired) electrons. The Balaban J connectivity index is 1.94. The van der Waals surface area contributed by atoms with E-state index in [9.17, 15) is 14.4 Å². The fourth-order valence-corrected chi connectivity index (χ4v) is 2.20. The minimum Gasteiger partial charge on any atom is -0.454 e. The number of carbonyl (C=O) groups excluding carboxylic acids is 3. The number of tetrazole rings is 1. The normalized spacial score (nSPS) is 12.1. The summed E-state index contributed by atoms with van der Waals surface area (Å²) in [5.74, 6) is -1.42. The van der Waals surface area contributed by atoms with Gasteiger partial charge in [-0.25, -0.2) is 14.3 Å². The van der Waals surface area contributed by atoms with Gasteiger partial charge in [0.05, 0.1) is 0 Å². The first-order chi connectivity index (χ1) is 12.7. The molecule has 1 atom stereocenters. The van der Waals surface area contributed by atoms with Crippen molar-refractivity contribution in [1.29, 1.82) is 0 Å². The number of nitrogens with zero attached hydrogens (tertiary/aromatic N) is 4. The number of benzene rings is 1. The van der Waals surface area contributed by atoms with Crippen molar-refractivity contribution in [2.75, 3.05) is 6.61 Å². The Kier molecular flexibility index (Phi) is 6.58. The molecule has 10 heteroatoms. The molecule has 2 rings (SSSR count). The number of ether oxygens (including phenoxy) is 1. The maximum Gasteiger partial charge on any atom is 0.331 e. The highest BCUT2D eigenvalue weighted by Crippen LogP contribution is 2.14. The van der Waals surface area contributed by atoms with Crippen molar-refractivity contribution in [2.24, 2.45) is 0 Å². The van der Waals surface area contributed by atoms with Gasteiger partial charge in [-0.05, 0) is 36.8 Å². The monoisotopic (exact) mass is 374 g/mol. The van der Waals surface area contributed by atoms with Gasteiger partial charge in [0.1, 0.15) is 6.33 Å². The van der Waals surface area contributed by atoms with E-state index >= 15 is 0 Å². The van der Waals surface area contributed by atoms with Crippen molar-refractivity contribution in [3.05, 3.63) is 42.2 Å². The highest BCUT2D eigenvalue weighted by Gasteiger charge is 2.25. The number of rotatable bonds is 6. The van der Waals surface area contributed by atoms with Gasteiger partial charge in [-0.2, -0.15) is 0 Å².